The van der Waals surface area contributed by atoms with Crippen LogP contribution >= 0.6 is 11.6 Å². The Morgan fingerprint density at radius 2 is 2.36 bits per heavy atom. The molecule has 0 saturated carbocycles. The van der Waals surface area contributed by atoms with E-state index in [1.54, 1.807) is 18.2 Å². The molecule has 0 radical (unpaired) electrons. The fourth-order valence-corrected chi connectivity index (χ4v) is 2.70. The molecule has 1 aromatic rings. The van der Waals surface area contributed by atoms with Gasteiger partial charge in [-0.15, -0.1) is 0 Å². The lowest BCUT2D eigenvalue weighted by Gasteiger charge is -2.33. The Bertz CT molecular complexity index is 616. The van der Waals surface area contributed by atoms with Crippen LogP contribution in [-0.2, 0) is 14.3 Å². The fourth-order valence-electron chi connectivity index (χ4n) is 2.53. The SMILES string of the molecule is C[C@@]1(C(=O)NC[C@@H]2CCCO2)Oc2ccc(Cl)cc2NC1=O. The van der Waals surface area contributed by atoms with Crippen molar-refractivity contribution in [2.24, 2.45) is 0 Å². The van der Waals surface area contributed by atoms with Crippen LogP contribution < -0.4 is 15.4 Å². The molecule has 2 heterocycles. The average Bonchev–Trinajstić information content (AvgIpc) is 2.99. The molecule has 0 aliphatic carbocycles. The summed E-state index contributed by atoms with van der Waals surface area (Å²) in [6, 6.07) is 4.85. The average molecular weight is 325 g/mol. The zero-order chi connectivity index (χ0) is 15.7. The monoisotopic (exact) mass is 324 g/mol. The number of hydrogen-bond acceptors (Lipinski definition) is 4. The van der Waals surface area contributed by atoms with Gasteiger partial charge in [-0.2, -0.15) is 0 Å². The Morgan fingerprint density at radius 1 is 1.55 bits per heavy atom. The second-order valence-electron chi connectivity index (χ2n) is 5.57. The van der Waals surface area contributed by atoms with Crippen molar-refractivity contribution in [1.82, 2.24) is 5.32 Å². The van der Waals surface area contributed by atoms with Crippen molar-refractivity contribution in [2.45, 2.75) is 31.5 Å². The maximum atomic E-state index is 12.4. The van der Waals surface area contributed by atoms with E-state index in [9.17, 15) is 9.59 Å². The van der Waals surface area contributed by atoms with E-state index < -0.39 is 17.4 Å². The van der Waals surface area contributed by atoms with E-state index in [4.69, 9.17) is 21.1 Å². The smallest absolute Gasteiger partial charge is 0.278 e. The van der Waals surface area contributed by atoms with Gasteiger partial charge in [0.1, 0.15) is 5.75 Å². The van der Waals surface area contributed by atoms with Crippen molar-refractivity contribution in [3.8, 4) is 5.75 Å². The van der Waals surface area contributed by atoms with Gasteiger partial charge in [-0.25, -0.2) is 0 Å². The van der Waals surface area contributed by atoms with Gasteiger partial charge in [0.25, 0.3) is 17.4 Å². The number of amides is 2. The van der Waals surface area contributed by atoms with E-state index in [-0.39, 0.29) is 6.10 Å². The molecule has 1 saturated heterocycles. The summed E-state index contributed by atoms with van der Waals surface area (Å²) in [5, 5.41) is 5.87. The van der Waals surface area contributed by atoms with Gasteiger partial charge >= 0.3 is 0 Å². The van der Waals surface area contributed by atoms with Crippen LogP contribution in [0.2, 0.25) is 5.02 Å². The van der Waals surface area contributed by atoms with Gasteiger partial charge < -0.3 is 20.1 Å². The van der Waals surface area contributed by atoms with Gasteiger partial charge in [-0.1, -0.05) is 11.6 Å². The number of nitrogens with one attached hydrogen (secondary N) is 2. The minimum atomic E-state index is -1.61. The molecule has 118 valence electrons. The predicted molar refractivity (Wildman–Crippen MR) is 81.1 cm³/mol. The molecule has 3 rings (SSSR count). The van der Waals surface area contributed by atoms with E-state index in [0.29, 0.717) is 29.6 Å². The normalized spacial score (nSPS) is 26.8. The van der Waals surface area contributed by atoms with Crippen LogP contribution in [0.25, 0.3) is 0 Å². The molecular formula is C15H17ClN2O4. The highest BCUT2D eigenvalue weighted by molar-refractivity contribution is 6.31. The second-order valence-corrected chi connectivity index (χ2v) is 6.01. The minimum Gasteiger partial charge on any atom is -0.466 e. The zero-order valence-electron chi connectivity index (χ0n) is 12.1. The highest BCUT2D eigenvalue weighted by atomic mass is 35.5. The van der Waals surface area contributed by atoms with Crippen LogP contribution in [-0.4, -0.2) is 36.7 Å². The van der Waals surface area contributed by atoms with Crippen molar-refractivity contribution >= 4 is 29.1 Å². The van der Waals surface area contributed by atoms with E-state index in [2.05, 4.69) is 10.6 Å². The maximum absolute atomic E-state index is 12.4. The predicted octanol–water partition coefficient (Wildman–Crippen LogP) is 1.72. The third-order valence-electron chi connectivity index (χ3n) is 3.88. The molecule has 2 atom stereocenters. The van der Waals surface area contributed by atoms with Gasteiger partial charge in [-0.3, -0.25) is 9.59 Å². The number of fused-ring (bicyclic) bond motifs is 1. The topological polar surface area (TPSA) is 76.7 Å². The first kappa shape index (κ1) is 15.1. The highest BCUT2D eigenvalue weighted by Crippen LogP contribution is 2.35. The summed E-state index contributed by atoms with van der Waals surface area (Å²) >= 11 is 5.88. The van der Waals surface area contributed by atoms with Crippen LogP contribution in [0.5, 0.6) is 5.75 Å². The van der Waals surface area contributed by atoms with E-state index >= 15 is 0 Å². The van der Waals surface area contributed by atoms with Crippen LogP contribution in [0, 0.1) is 0 Å². The number of benzene rings is 1. The van der Waals surface area contributed by atoms with Gasteiger partial charge in [0, 0.05) is 18.2 Å². The Kier molecular flexibility index (Phi) is 3.97. The first-order valence-corrected chi connectivity index (χ1v) is 7.57. The van der Waals surface area contributed by atoms with Crippen molar-refractivity contribution in [2.75, 3.05) is 18.5 Å². The van der Waals surface area contributed by atoms with E-state index in [1.807, 2.05) is 0 Å². The molecule has 0 unspecified atom stereocenters. The summed E-state index contributed by atoms with van der Waals surface area (Å²) in [6.07, 6.45) is 1.90. The quantitative estimate of drug-likeness (QED) is 0.830. The number of halogens is 1. The van der Waals surface area contributed by atoms with Gasteiger partial charge in [0.05, 0.1) is 11.8 Å². The van der Waals surface area contributed by atoms with Crippen LogP contribution in [0.15, 0.2) is 18.2 Å². The zero-order valence-corrected chi connectivity index (χ0v) is 12.9. The Morgan fingerprint density at radius 3 is 3.09 bits per heavy atom. The van der Waals surface area contributed by atoms with Crippen LogP contribution in [0.1, 0.15) is 19.8 Å². The first-order chi connectivity index (χ1) is 10.5. The summed E-state index contributed by atoms with van der Waals surface area (Å²) in [5.41, 5.74) is -1.15. The number of rotatable bonds is 3. The highest BCUT2D eigenvalue weighted by Gasteiger charge is 2.47. The number of carbonyl (C=O) groups is 2. The molecule has 2 aliphatic rings. The Hall–Kier alpha value is -1.79. The molecule has 0 aromatic heterocycles. The maximum Gasteiger partial charge on any atom is 0.278 e. The van der Waals surface area contributed by atoms with Gasteiger partial charge in [-0.05, 0) is 38.0 Å². The van der Waals surface area contributed by atoms with Crippen molar-refractivity contribution in [3.63, 3.8) is 0 Å². The third kappa shape index (κ3) is 2.76. The van der Waals surface area contributed by atoms with Crippen molar-refractivity contribution in [3.05, 3.63) is 23.2 Å². The molecular weight excluding hydrogens is 308 g/mol. The molecule has 2 N–H and O–H groups in total. The van der Waals surface area contributed by atoms with Crippen molar-refractivity contribution < 1.29 is 19.1 Å². The number of carbonyl (C=O) groups excluding carboxylic acids is 2. The molecule has 7 heteroatoms. The lowest BCUT2D eigenvalue weighted by molar-refractivity contribution is -0.147. The minimum absolute atomic E-state index is 0.00490. The van der Waals surface area contributed by atoms with Gasteiger partial charge in [0.2, 0.25) is 0 Å². The molecule has 6 nitrogen and oxygen atoms in total. The standard InChI is InChI=1S/C15H17ClN2O4/c1-15(13(19)17-8-10-3-2-6-21-10)14(20)18-11-7-9(16)4-5-12(11)22-15/h4-5,7,10H,2-3,6,8H2,1H3,(H,17,19)(H,18,20)/t10-,15-/m0/s1. The van der Waals surface area contributed by atoms with Crippen molar-refractivity contribution in [1.29, 1.82) is 0 Å². The molecule has 1 fully saturated rings. The molecule has 2 aliphatic heterocycles. The lowest BCUT2D eigenvalue weighted by atomic mass is 10.0. The van der Waals surface area contributed by atoms with Crippen LogP contribution in [0.4, 0.5) is 5.69 Å². The number of hydrogen-bond donors (Lipinski definition) is 2. The molecule has 0 bridgehead atoms. The molecule has 22 heavy (non-hydrogen) atoms. The summed E-state index contributed by atoms with van der Waals surface area (Å²) in [6.45, 7) is 2.53. The Labute approximate surface area is 133 Å². The molecule has 0 spiro atoms. The van der Waals surface area contributed by atoms with Crippen LogP contribution in [0.3, 0.4) is 0 Å². The summed E-state index contributed by atoms with van der Waals surface area (Å²) < 4.78 is 11.1. The number of anilines is 1. The first-order valence-electron chi connectivity index (χ1n) is 7.19. The van der Waals surface area contributed by atoms with Gasteiger partial charge in [0.15, 0.2) is 0 Å². The summed E-state index contributed by atoms with van der Waals surface area (Å²) in [4.78, 5) is 24.6. The third-order valence-corrected chi connectivity index (χ3v) is 4.12. The van der Waals surface area contributed by atoms with E-state index in [0.717, 1.165) is 12.8 Å². The summed E-state index contributed by atoms with van der Waals surface area (Å²) in [5.74, 6) is -0.591. The molecule has 1 aromatic carbocycles. The molecule has 2 amide bonds. The summed E-state index contributed by atoms with van der Waals surface area (Å²) in [7, 11) is 0. The van der Waals surface area contributed by atoms with E-state index in [1.165, 1.54) is 6.92 Å². The largest absolute Gasteiger partial charge is 0.466 e. The second kappa shape index (κ2) is 5.78. The number of ether oxygens (including phenoxy) is 2. The Balaban J connectivity index is 1.72. The fraction of sp³-hybridized carbons (Fsp3) is 0.467. The lowest BCUT2D eigenvalue weighted by Crippen LogP contribution is -2.59.